The van der Waals surface area contributed by atoms with Gasteiger partial charge in [0.25, 0.3) is 0 Å². The van der Waals surface area contributed by atoms with Crippen molar-refractivity contribution in [2.75, 3.05) is 5.75 Å². The van der Waals surface area contributed by atoms with Crippen LogP contribution in [0.1, 0.15) is 26.2 Å². The minimum Gasteiger partial charge on any atom is -0.465 e. The molecule has 8 nitrogen and oxygen atoms in total. The summed E-state index contributed by atoms with van der Waals surface area (Å²) < 4.78 is 23.5. The van der Waals surface area contributed by atoms with Crippen LogP contribution in [0.4, 0.5) is 9.59 Å². The molecule has 0 unspecified atom stereocenters. The number of rotatable bonds is 5. The number of unbranched alkanes of at least 4 members (excludes halogenated alkanes) is 2. The van der Waals surface area contributed by atoms with Crippen LogP contribution in [0.5, 0.6) is 0 Å². The van der Waals surface area contributed by atoms with Gasteiger partial charge in [-0.05, 0) is 6.42 Å². The molecule has 0 aromatic heterocycles. The summed E-state index contributed by atoms with van der Waals surface area (Å²) in [6.07, 6.45) is 0.991. The minimum absolute atomic E-state index is 0.0379. The summed E-state index contributed by atoms with van der Waals surface area (Å²) in [5.41, 5.74) is 8.68. The van der Waals surface area contributed by atoms with Crippen LogP contribution in [0.2, 0.25) is 0 Å². The van der Waals surface area contributed by atoms with E-state index in [4.69, 9.17) is 9.90 Å². The van der Waals surface area contributed by atoms with Crippen LogP contribution >= 0.6 is 0 Å². The number of nitrogens with two attached hydrogens (primary N) is 2. The molecule has 0 atom stereocenters. The molecule has 0 rings (SSSR count). The van der Waals surface area contributed by atoms with Gasteiger partial charge in [0.1, 0.15) is 0 Å². The van der Waals surface area contributed by atoms with Gasteiger partial charge in [0.15, 0.2) is 0 Å². The minimum atomic E-state index is -3.48. The average Bonchev–Trinajstić information content (AvgIpc) is 2.00. The third kappa shape index (κ3) is 18.3. The van der Waals surface area contributed by atoms with E-state index in [0.717, 1.165) is 12.8 Å². The Bertz CT molecular complexity index is 310. The summed E-state index contributed by atoms with van der Waals surface area (Å²) in [6, 6.07) is -1.02. The number of carbonyl (C=O) groups excluding carboxylic acids is 1. The molecule has 0 saturated carbocycles. The molecule has 0 aliphatic heterocycles. The van der Waals surface area contributed by atoms with Crippen LogP contribution in [0.15, 0.2) is 0 Å². The van der Waals surface area contributed by atoms with Gasteiger partial charge in [0.05, 0.1) is 5.75 Å². The fraction of sp³-hybridized carbons (Fsp3) is 0.714. The normalized spacial score (nSPS) is 9.81. The molecule has 96 valence electrons. The number of primary amides is 2. The maximum absolute atomic E-state index is 10.9. The number of hydrogen-bond acceptors (Lipinski definition) is 4. The van der Waals surface area contributed by atoms with Crippen LogP contribution in [0.3, 0.4) is 0 Å². The molecule has 0 radical (unpaired) electrons. The van der Waals surface area contributed by atoms with Gasteiger partial charge in [-0.15, -0.1) is 0 Å². The first-order chi connectivity index (χ1) is 7.21. The average molecular weight is 255 g/mol. The van der Waals surface area contributed by atoms with E-state index in [0.29, 0.717) is 6.42 Å². The molecule has 0 saturated heterocycles. The smallest absolute Gasteiger partial charge is 0.402 e. The summed E-state index contributed by atoms with van der Waals surface area (Å²) >= 11 is 0. The molecule has 0 aromatic carbocycles. The SMILES string of the molecule is CCCCCS(=O)(=O)NC(N)=O.NC(=O)O. The molecule has 0 bridgehead atoms. The van der Waals surface area contributed by atoms with Crippen molar-refractivity contribution >= 4 is 22.1 Å². The summed E-state index contributed by atoms with van der Waals surface area (Å²) in [5, 5.41) is 7.19. The highest BCUT2D eigenvalue weighted by Gasteiger charge is 2.10. The zero-order chi connectivity index (χ0) is 13.2. The maximum Gasteiger partial charge on any atom is 0.402 e. The van der Waals surface area contributed by atoms with E-state index in [2.05, 4.69) is 11.5 Å². The van der Waals surface area contributed by atoms with Crippen LogP contribution in [0.25, 0.3) is 0 Å². The summed E-state index contributed by atoms with van der Waals surface area (Å²) in [6.45, 7) is 1.97. The molecule has 0 heterocycles. The number of nitrogens with one attached hydrogen (secondary N) is 1. The molecule has 9 heteroatoms. The van der Waals surface area contributed by atoms with Crippen LogP contribution in [-0.4, -0.2) is 31.4 Å². The third-order valence-electron chi connectivity index (χ3n) is 1.27. The van der Waals surface area contributed by atoms with Gasteiger partial charge in [-0.2, -0.15) is 0 Å². The molecule has 6 N–H and O–H groups in total. The number of hydrogen-bond donors (Lipinski definition) is 4. The Morgan fingerprint density at radius 1 is 1.25 bits per heavy atom. The van der Waals surface area contributed by atoms with Gasteiger partial charge >= 0.3 is 12.1 Å². The number of sulfonamides is 1. The van der Waals surface area contributed by atoms with Crippen LogP contribution < -0.4 is 16.2 Å². The van der Waals surface area contributed by atoms with E-state index in [1.807, 2.05) is 6.92 Å². The van der Waals surface area contributed by atoms with Gasteiger partial charge in [-0.3, -0.25) is 0 Å². The number of carboxylic acid groups (broad SMARTS) is 1. The fourth-order valence-electron chi connectivity index (χ4n) is 0.746. The lowest BCUT2D eigenvalue weighted by Gasteiger charge is -2.02. The molecule has 0 aliphatic rings. The first-order valence-corrected chi connectivity index (χ1v) is 6.14. The molecule has 0 spiro atoms. The van der Waals surface area contributed by atoms with Crippen molar-refractivity contribution in [1.29, 1.82) is 0 Å². The van der Waals surface area contributed by atoms with E-state index in [-0.39, 0.29) is 5.75 Å². The first kappa shape index (κ1) is 16.9. The second-order valence-electron chi connectivity index (χ2n) is 2.83. The zero-order valence-corrected chi connectivity index (χ0v) is 9.79. The Morgan fingerprint density at radius 3 is 2.00 bits per heavy atom. The molecule has 3 amide bonds. The van der Waals surface area contributed by atoms with Crippen molar-refractivity contribution < 1.29 is 23.1 Å². The second-order valence-corrected chi connectivity index (χ2v) is 4.67. The summed E-state index contributed by atoms with van der Waals surface area (Å²) in [7, 11) is -3.48. The van der Waals surface area contributed by atoms with E-state index in [1.54, 1.807) is 4.72 Å². The number of amides is 3. The van der Waals surface area contributed by atoms with Crippen LogP contribution in [-0.2, 0) is 10.0 Å². The molecular formula is C7H17N3O5S. The van der Waals surface area contributed by atoms with Gasteiger partial charge in [0, 0.05) is 0 Å². The van der Waals surface area contributed by atoms with Crippen molar-refractivity contribution in [2.45, 2.75) is 26.2 Å². The highest BCUT2D eigenvalue weighted by Crippen LogP contribution is 1.96. The Kier molecular flexibility index (Phi) is 9.27. The maximum atomic E-state index is 10.9. The van der Waals surface area contributed by atoms with Gasteiger partial charge in [-0.1, -0.05) is 19.8 Å². The van der Waals surface area contributed by atoms with E-state index in [9.17, 15) is 13.2 Å². The van der Waals surface area contributed by atoms with Gasteiger partial charge in [0.2, 0.25) is 10.0 Å². The van der Waals surface area contributed by atoms with Crippen molar-refractivity contribution in [3.05, 3.63) is 0 Å². The van der Waals surface area contributed by atoms with Gasteiger partial charge in [-0.25, -0.2) is 22.7 Å². The predicted octanol–water partition coefficient (Wildman–Crippen LogP) is -0.202. The lowest BCUT2D eigenvalue weighted by molar-refractivity contribution is 0.205. The second kappa shape index (κ2) is 8.77. The van der Waals surface area contributed by atoms with E-state index in [1.165, 1.54) is 0 Å². The zero-order valence-electron chi connectivity index (χ0n) is 8.97. The lowest BCUT2D eigenvalue weighted by atomic mass is 10.3. The Labute approximate surface area is 94.0 Å². The highest BCUT2D eigenvalue weighted by molar-refractivity contribution is 7.90. The van der Waals surface area contributed by atoms with Crippen LogP contribution in [0, 0.1) is 0 Å². The predicted molar refractivity (Wildman–Crippen MR) is 58.2 cm³/mol. The quantitative estimate of drug-likeness (QED) is 0.501. The van der Waals surface area contributed by atoms with E-state index >= 15 is 0 Å². The topological polar surface area (TPSA) is 153 Å². The Morgan fingerprint density at radius 2 is 1.69 bits per heavy atom. The van der Waals surface area contributed by atoms with E-state index < -0.39 is 22.1 Å². The van der Waals surface area contributed by atoms with Crippen molar-refractivity contribution in [1.82, 2.24) is 4.72 Å². The molecule has 0 aromatic rings. The fourth-order valence-corrected chi connectivity index (χ4v) is 1.74. The summed E-state index contributed by atoms with van der Waals surface area (Å²) in [5.74, 6) is -0.0379. The first-order valence-electron chi connectivity index (χ1n) is 4.49. The van der Waals surface area contributed by atoms with Crippen molar-refractivity contribution in [3.63, 3.8) is 0 Å². The number of urea groups is 1. The van der Waals surface area contributed by atoms with Crippen molar-refractivity contribution in [2.24, 2.45) is 11.5 Å². The molecule has 16 heavy (non-hydrogen) atoms. The lowest BCUT2D eigenvalue weighted by Crippen LogP contribution is -2.36. The highest BCUT2D eigenvalue weighted by atomic mass is 32.2. The largest absolute Gasteiger partial charge is 0.465 e. The molecule has 0 aliphatic carbocycles. The molecule has 0 fully saturated rings. The van der Waals surface area contributed by atoms with Gasteiger partial charge < -0.3 is 16.6 Å². The standard InChI is InChI=1S/C6H14N2O3S.CH3NO2/c1-2-3-4-5-12(10,11)8-6(7)9;2-1(3)4/h2-5H2,1H3,(H3,7,8,9);2H2,(H,3,4). The Balaban J connectivity index is 0. The molecular weight excluding hydrogens is 238 g/mol. The monoisotopic (exact) mass is 255 g/mol. The summed E-state index contributed by atoms with van der Waals surface area (Å²) in [4.78, 5) is 19.0. The third-order valence-corrected chi connectivity index (χ3v) is 2.61. The van der Waals surface area contributed by atoms with Crippen molar-refractivity contribution in [3.8, 4) is 0 Å². The Hall–Kier alpha value is -1.51. The number of carbonyl (C=O) groups is 2.